The quantitative estimate of drug-likeness (QED) is 0.591. The second-order valence-corrected chi connectivity index (χ2v) is 7.14. The number of aromatic nitrogens is 2. The van der Waals surface area contributed by atoms with Crippen LogP contribution in [0, 0.1) is 17.8 Å². The lowest BCUT2D eigenvalue weighted by molar-refractivity contribution is 0.348. The van der Waals surface area contributed by atoms with Crippen molar-refractivity contribution in [3.8, 4) is 0 Å². The largest absolute Gasteiger partial charge is 0.370 e. The summed E-state index contributed by atoms with van der Waals surface area (Å²) in [6.07, 6.45) is 8.93. The smallest absolute Gasteiger partial charge is 0.191 e. The molecule has 3 atom stereocenters. The highest BCUT2D eigenvalue weighted by atomic mass is 32.2. The Balaban J connectivity index is 1.61. The number of thioether (sulfide) groups is 1. The van der Waals surface area contributed by atoms with Crippen molar-refractivity contribution < 1.29 is 0 Å². The summed E-state index contributed by atoms with van der Waals surface area (Å²) in [6, 6.07) is 2.04. The van der Waals surface area contributed by atoms with E-state index in [1.54, 1.807) is 11.8 Å². The van der Waals surface area contributed by atoms with Crippen molar-refractivity contribution in [2.24, 2.45) is 17.8 Å². The van der Waals surface area contributed by atoms with Crippen LogP contribution in [0.1, 0.15) is 39.0 Å². The fourth-order valence-corrected chi connectivity index (χ4v) is 4.19. The molecule has 0 saturated heterocycles. The highest BCUT2D eigenvalue weighted by molar-refractivity contribution is 7.98. The van der Waals surface area contributed by atoms with E-state index >= 15 is 0 Å². The van der Waals surface area contributed by atoms with Crippen LogP contribution in [0.25, 0.3) is 0 Å². The van der Waals surface area contributed by atoms with Gasteiger partial charge in [0, 0.05) is 19.2 Å². The summed E-state index contributed by atoms with van der Waals surface area (Å²) in [4.78, 5) is 9.09. The first-order valence-corrected chi connectivity index (χ1v) is 9.41. The normalized spacial score (nSPS) is 27.0. The van der Waals surface area contributed by atoms with Gasteiger partial charge in [0.1, 0.15) is 11.6 Å². The number of anilines is 2. The van der Waals surface area contributed by atoms with Crippen molar-refractivity contribution in [1.29, 1.82) is 0 Å². The molecule has 5 heteroatoms. The molecular formula is C16H26N4S. The fraction of sp³-hybridized carbons (Fsp3) is 0.750. The molecule has 4 nitrogen and oxygen atoms in total. The zero-order chi connectivity index (χ0) is 14.7. The topological polar surface area (TPSA) is 49.8 Å². The highest BCUT2D eigenvalue weighted by Crippen LogP contribution is 2.48. The summed E-state index contributed by atoms with van der Waals surface area (Å²) in [5.74, 6) is 4.73. The van der Waals surface area contributed by atoms with Crippen LogP contribution in [0.2, 0.25) is 0 Å². The third-order valence-corrected chi connectivity index (χ3v) is 5.42. The van der Waals surface area contributed by atoms with Crippen molar-refractivity contribution in [3.63, 3.8) is 0 Å². The van der Waals surface area contributed by atoms with E-state index in [-0.39, 0.29) is 0 Å². The summed E-state index contributed by atoms with van der Waals surface area (Å²) in [7, 11) is 0. The molecule has 2 N–H and O–H groups in total. The number of rotatable bonds is 7. The Morgan fingerprint density at radius 3 is 2.62 bits per heavy atom. The molecule has 116 valence electrons. The molecule has 1 aromatic heterocycles. The molecular weight excluding hydrogens is 280 g/mol. The van der Waals surface area contributed by atoms with Crippen LogP contribution in [-0.2, 0) is 0 Å². The fourth-order valence-electron chi connectivity index (χ4n) is 3.81. The van der Waals surface area contributed by atoms with Crippen LogP contribution in [0.5, 0.6) is 0 Å². The average molecular weight is 306 g/mol. The predicted octanol–water partition coefficient (Wildman–Crippen LogP) is 3.87. The Morgan fingerprint density at radius 1 is 1.19 bits per heavy atom. The minimum Gasteiger partial charge on any atom is -0.370 e. The molecule has 2 saturated carbocycles. The standard InChI is InChI=1S/C16H26N4S/c1-3-6-17-14-9-15(20-16(19-14)21-2)18-10-13-8-11-4-5-12(13)7-11/h9,11-13H,3-8,10H2,1-2H3,(H2,17,18,19,20). The number of nitrogens with zero attached hydrogens (tertiary/aromatic N) is 2. The zero-order valence-electron chi connectivity index (χ0n) is 13.1. The Morgan fingerprint density at radius 2 is 2.00 bits per heavy atom. The molecule has 3 rings (SSSR count). The first kappa shape index (κ1) is 14.9. The third kappa shape index (κ3) is 3.62. The lowest BCUT2D eigenvalue weighted by Crippen LogP contribution is -2.20. The predicted molar refractivity (Wildman–Crippen MR) is 90.0 cm³/mol. The van der Waals surface area contributed by atoms with Crippen molar-refractivity contribution in [3.05, 3.63) is 6.07 Å². The molecule has 1 aromatic rings. The van der Waals surface area contributed by atoms with Crippen LogP contribution >= 0.6 is 11.8 Å². The van der Waals surface area contributed by atoms with Gasteiger partial charge >= 0.3 is 0 Å². The van der Waals surface area contributed by atoms with Gasteiger partial charge in [-0.05, 0) is 49.7 Å². The van der Waals surface area contributed by atoms with Crippen molar-refractivity contribution in [1.82, 2.24) is 9.97 Å². The molecule has 1 heterocycles. The number of fused-ring (bicyclic) bond motifs is 2. The van der Waals surface area contributed by atoms with Crippen LogP contribution in [-0.4, -0.2) is 29.3 Å². The van der Waals surface area contributed by atoms with Gasteiger partial charge in [-0.1, -0.05) is 25.1 Å². The van der Waals surface area contributed by atoms with Crippen LogP contribution < -0.4 is 10.6 Å². The van der Waals surface area contributed by atoms with E-state index in [1.807, 2.05) is 12.3 Å². The molecule has 0 aliphatic heterocycles. The summed E-state index contributed by atoms with van der Waals surface area (Å²) in [6.45, 7) is 4.19. The SMILES string of the molecule is CCCNc1cc(NCC2CC3CCC2C3)nc(SC)n1. The van der Waals surface area contributed by atoms with Crippen LogP contribution in [0.3, 0.4) is 0 Å². The van der Waals surface area contributed by atoms with Gasteiger partial charge in [0.2, 0.25) is 0 Å². The maximum atomic E-state index is 4.58. The van der Waals surface area contributed by atoms with Gasteiger partial charge in [0.05, 0.1) is 0 Å². The average Bonchev–Trinajstić information content (AvgIpc) is 3.13. The third-order valence-electron chi connectivity index (χ3n) is 4.87. The van der Waals surface area contributed by atoms with Gasteiger partial charge in [-0.25, -0.2) is 9.97 Å². The van der Waals surface area contributed by atoms with Crippen molar-refractivity contribution in [2.45, 2.75) is 44.2 Å². The van der Waals surface area contributed by atoms with E-state index in [1.165, 1.54) is 25.7 Å². The lowest BCUT2D eigenvalue weighted by atomic mass is 9.89. The van der Waals surface area contributed by atoms with E-state index in [9.17, 15) is 0 Å². The Kier molecular flexibility index (Phi) is 4.88. The molecule has 0 aromatic carbocycles. The van der Waals surface area contributed by atoms with Gasteiger partial charge in [0.25, 0.3) is 0 Å². The zero-order valence-corrected chi connectivity index (χ0v) is 13.9. The molecule has 2 aliphatic carbocycles. The van der Waals surface area contributed by atoms with E-state index in [0.717, 1.165) is 54.1 Å². The Labute approximate surface area is 131 Å². The molecule has 3 unspecified atom stereocenters. The van der Waals surface area contributed by atoms with Gasteiger partial charge in [-0.2, -0.15) is 0 Å². The van der Waals surface area contributed by atoms with Gasteiger partial charge < -0.3 is 10.6 Å². The number of hydrogen-bond donors (Lipinski definition) is 2. The Hall–Kier alpha value is -0.970. The molecule has 0 amide bonds. The molecule has 2 fully saturated rings. The highest BCUT2D eigenvalue weighted by Gasteiger charge is 2.39. The Bertz CT molecular complexity index is 479. The molecule has 21 heavy (non-hydrogen) atoms. The van der Waals surface area contributed by atoms with Gasteiger partial charge in [0.15, 0.2) is 5.16 Å². The van der Waals surface area contributed by atoms with Crippen LogP contribution in [0.4, 0.5) is 11.6 Å². The van der Waals surface area contributed by atoms with Crippen LogP contribution in [0.15, 0.2) is 11.2 Å². The van der Waals surface area contributed by atoms with Crippen molar-refractivity contribution >= 4 is 23.4 Å². The minimum atomic E-state index is 0.839. The monoisotopic (exact) mass is 306 g/mol. The molecule has 0 radical (unpaired) electrons. The summed E-state index contributed by atoms with van der Waals surface area (Å²) < 4.78 is 0. The summed E-state index contributed by atoms with van der Waals surface area (Å²) >= 11 is 1.60. The van der Waals surface area contributed by atoms with E-state index in [4.69, 9.17) is 0 Å². The molecule has 2 aliphatic rings. The summed E-state index contributed by atoms with van der Waals surface area (Å²) in [5, 5.41) is 7.76. The maximum Gasteiger partial charge on any atom is 0.191 e. The minimum absolute atomic E-state index is 0.839. The van der Waals surface area contributed by atoms with Crippen molar-refractivity contribution in [2.75, 3.05) is 30.0 Å². The molecule has 0 spiro atoms. The second kappa shape index (κ2) is 6.86. The van der Waals surface area contributed by atoms with Gasteiger partial charge in [-0.15, -0.1) is 0 Å². The second-order valence-electron chi connectivity index (χ2n) is 6.37. The lowest BCUT2D eigenvalue weighted by Gasteiger charge is -2.22. The van der Waals surface area contributed by atoms with E-state index < -0.39 is 0 Å². The molecule has 2 bridgehead atoms. The van der Waals surface area contributed by atoms with E-state index in [0.29, 0.717) is 0 Å². The van der Waals surface area contributed by atoms with E-state index in [2.05, 4.69) is 27.5 Å². The van der Waals surface area contributed by atoms with Gasteiger partial charge in [-0.3, -0.25) is 0 Å². The first-order chi connectivity index (χ1) is 10.3. The maximum absolute atomic E-state index is 4.58. The number of hydrogen-bond acceptors (Lipinski definition) is 5. The first-order valence-electron chi connectivity index (χ1n) is 8.19. The number of nitrogens with one attached hydrogen (secondary N) is 2. The summed E-state index contributed by atoms with van der Waals surface area (Å²) in [5.41, 5.74) is 0.